The summed E-state index contributed by atoms with van der Waals surface area (Å²) in [6, 6.07) is -0.588. The molecule has 2 saturated heterocycles. The maximum absolute atomic E-state index is 12.6. The zero-order valence-corrected chi connectivity index (χ0v) is 14.7. The first-order valence-corrected chi connectivity index (χ1v) is 8.18. The quantitative estimate of drug-likeness (QED) is 0.794. The van der Waals surface area contributed by atoms with Crippen LogP contribution in [0.1, 0.15) is 40.5 Å². The first kappa shape index (κ1) is 19.1. The average molecular weight is 345 g/mol. The summed E-state index contributed by atoms with van der Waals surface area (Å²) in [5.74, 6) is -2.63. The molecule has 2 aliphatic heterocycles. The molecule has 0 aliphatic carbocycles. The third-order valence-corrected chi connectivity index (χ3v) is 4.12. The molecule has 2 aliphatic rings. The lowest BCUT2D eigenvalue weighted by Gasteiger charge is -2.46. The van der Waals surface area contributed by atoms with Gasteiger partial charge < -0.3 is 29.0 Å². The smallest absolute Gasteiger partial charge is 0.303 e. The highest BCUT2D eigenvalue weighted by Gasteiger charge is 2.40. The van der Waals surface area contributed by atoms with E-state index in [1.807, 2.05) is 27.7 Å². The number of amides is 1. The molecule has 1 amide bonds. The fourth-order valence-corrected chi connectivity index (χ4v) is 2.74. The predicted octanol–water partition coefficient (Wildman–Crippen LogP) is 0.983. The van der Waals surface area contributed by atoms with Gasteiger partial charge in [-0.15, -0.1) is 0 Å². The van der Waals surface area contributed by atoms with Crippen LogP contribution in [0.25, 0.3) is 0 Å². The summed E-state index contributed by atoms with van der Waals surface area (Å²) in [5.41, 5.74) is 0. The van der Waals surface area contributed by atoms with E-state index in [0.717, 1.165) is 0 Å². The van der Waals surface area contributed by atoms with Gasteiger partial charge in [-0.1, -0.05) is 0 Å². The van der Waals surface area contributed by atoms with Gasteiger partial charge in [-0.05, 0) is 27.7 Å². The molecule has 0 bridgehead atoms. The number of rotatable bonds is 5. The van der Waals surface area contributed by atoms with Crippen molar-refractivity contribution in [2.45, 2.75) is 64.2 Å². The fourth-order valence-electron chi connectivity index (χ4n) is 2.74. The van der Waals surface area contributed by atoms with Crippen LogP contribution in [-0.4, -0.2) is 72.0 Å². The number of ether oxygens (including phenoxy) is 4. The molecule has 24 heavy (non-hydrogen) atoms. The SMILES string of the molecule is CC1(C)OCC(N(C(=O)CCC(=O)O)C2COC(C)(C)OC2)CO1. The molecule has 0 radical (unpaired) electrons. The Labute approximate surface area is 142 Å². The summed E-state index contributed by atoms with van der Waals surface area (Å²) >= 11 is 0. The zero-order chi connectivity index (χ0) is 18.0. The van der Waals surface area contributed by atoms with E-state index in [-0.39, 0.29) is 30.8 Å². The zero-order valence-electron chi connectivity index (χ0n) is 14.7. The molecule has 1 N–H and O–H groups in total. The van der Waals surface area contributed by atoms with Crippen molar-refractivity contribution in [1.29, 1.82) is 0 Å². The minimum atomic E-state index is -1.00. The number of carboxylic acid groups (broad SMARTS) is 1. The van der Waals surface area contributed by atoms with Crippen LogP contribution in [-0.2, 0) is 28.5 Å². The van der Waals surface area contributed by atoms with Crippen molar-refractivity contribution in [3.8, 4) is 0 Å². The predicted molar refractivity (Wildman–Crippen MR) is 83.3 cm³/mol. The molecule has 0 aromatic heterocycles. The number of aliphatic carboxylic acids is 1. The van der Waals surface area contributed by atoms with Crippen molar-refractivity contribution in [2.24, 2.45) is 0 Å². The lowest BCUT2D eigenvalue weighted by atomic mass is 10.1. The molecular weight excluding hydrogens is 318 g/mol. The summed E-state index contributed by atoms with van der Waals surface area (Å²) in [7, 11) is 0. The number of carboxylic acids is 1. The summed E-state index contributed by atoms with van der Waals surface area (Å²) < 4.78 is 22.6. The second kappa shape index (κ2) is 7.35. The average Bonchev–Trinajstić information content (AvgIpc) is 2.48. The van der Waals surface area contributed by atoms with Crippen LogP contribution in [0, 0.1) is 0 Å². The molecule has 0 aromatic carbocycles. The van der Waals surface area contributed by atoms with E-state index >= 15 is 0 Å². The van der Waals surface area contributed by atoms with Gasteiger partial charge in [0.15, 0.2) is 11.6 Å². The molecule has 2 fully saturated rings. The third-order valence-electron chi connectivity index (χ3n) is 4.12. The molecule has 0 unspecified atom stereocenters. The Morgan fingerprint density at radius 2 is 1.25 bits per heavy atom. The van der Waals surface area contributed by atoms with Gasteiger partial charge in [0.2, 0.25) is 5.91 Å². The van der Waals surface area contributed by atoms with Crippen molar-refractivity contribution >= 4 is 11.9 Å². The highest BCUT2D eigenvalue weighted by Crippen LogP contribution is 2.26. The van der Waals surface area contributed by atoms with Gasteiger partial charge in [-0.25, -0.2) is 0 Å². The van der Waals surface area contributed by atoms with Crippen molar-refractivity contribution in [3.63, 3.8) is 0 Å². The molecule has 0 atom stereocenters. The first-order chi connectivity index (χ1) is 11.1. The number of hydrogen-bond donors (Lipinski definition) is 1. The molecule has 0 saturated carbocycles. The van der Waals surface area contributed by atoms with Crippen LogP contribution in [0.2, 0.25) is 0 Å². The van der Waals surface area contributed by atoms with E-state index in [0.29, 0.717) is 26.4 Å². The fraction of sp³-hybridized carbons (Fsp3) is 0.875. The van der Waals surface area contributed by atoms with E-state index < -0.39 is 17.5 Å². The molecule has 2 heterocycles. The Kier molecular flexibility index (Phi) is 5.85. The van der Waals surface area contributed by atoms with Crippen molar-refractivity contribution in [3.05, 3.63) is 0 Å². The van der Waals surface area contributed by atoms with Crippen LogP contribution >= 0.6 is 0 Å². The minimum absolute atomic E-state index is 0.0743. The highest BCUT2D eigenvalue weighted by molar-refractivity contribution is 5.81. The van der Waals surface area contributed by atoms with Crippen LogP contribution in [0.15, 0.2) is 0 Å². The number of hydrogen-bond acceptors (Lipinski definition) is 6. The lowest BCUT2D eigenvalue weighted by Crippen LogP contribution is -2.60. The monoisotopic (exact) mass is 345 g/mol. The second-order valence-corrected chi connectivity index (χ2v) is 7.05. The molecule has 8 nitrogen and oxygen atoms in total. The summed E-state index contributed by atoms with van der Waals surface area (Å²) in [5, 5.41) is 8.83. The van der Waals surface area contributed by atoms with Crippen molar-refractivity contribution in [1.82, 2.24) is 4.90 Å². The standard InChI is InChI=1S/C16H27NO7/c1-15(2)21-7-11(8-22-15)17(13(18)5-6-14(19)20)12-9-23-16(3,4)24-10-12/h11-12H,5-10H2,1-4H3,(H,19,20). The van der Waals surface area contributed by atoms with Gasteiger partial charge >= 0.3 is 5.97 Å². The van der Waals surface area contributed by atoms with Gasteiger partial charge in [0.05, 0.1) is 44.9 Å². The largest absolute Gasteiger partial charge is 0.481 e. The Balaban J connectivity index is 2.07. The van der Waals surface area contributed by atoms with E-state index in [2.05, 4.69) is 0 Å². The normalized spacial score (nSPS) is 24.5. The van der Waals surface area contributed by atoms with E-state index in [1.165, 1.54) is 0 Å². The summed E-state index contributed by atoms with van der Waals surface area (Å²) in [6.07, 6.45) is -0.287. The second-order valence-electron chi connectivity index (χ2n) is 7.05. The Hall–Kier alpha value is -1.22. The number of carbonyl (C=O) groups excluding carboxylic acids is 1. The Morgan fingerprint density at radius 3 is 1.58 bits per heavy atom. The Morgan fingerprint density at radius 1 is 0.875 bits per heavy atom. The van der Waals surface area contributed by atoms with Crippen LogP contribution < -0.4 is 0 Å². The minimum Gasteiger partial charge on any atom is -0.481 e. The van der Waals surface area contributed by atoms with Gasteiger partial charge in [-0.2, -0.15) is 0 Å². The highest BCUT2D eigenvalue weighted by atomic mass is 16.7. The molecule has 138 valence electrons. The van der Waals surface area contributed by atoms with Gasteiger partial charge in [0, 0.05) is 6.42 Å². The van der Waals surface area contributed by atoms with Gasteiger partial charge in [0.25, 0.3) is 0 Å². The molecule has 2 rings (SSSR count). The summed E-state index contributed by atoms with van der Waals surface area (Å²) in [4.78, 5) is 25.0. The van der Waals surface area contributed by atoms with Gasteiger partial charge in [0.1, 0.15) is 0 Å². The van der Waals surface area contributed by atoms with Crippen LogP contribution in [0.4, 0.5) is 0 Å². The lowest BCUT2D eigenvalue weighted by molar-refractivity contribution is -0.285. The maximum Gasteiger partial charge on any atom is 0.303 e. The van der Waals surface area contributed by atoms with E-state index in [9.17, 15) is 9.59 Å². The Bertz CT molecular complexity index is 429. The number of nitrogens with zero attached hydrogens (tertiary/aromatic N) is 1. The maximum atomic E-state index is 12.6. The topological polar surface area (TPSA) is 94.5 Å². The molecule has 0 aromatic rings. The van der Waals surface area contributed by atoms with Crippen LogP contribution in [0.5, 0.6) is 0 Å². The van der Waals surface area contributed by atoms with Gasteiger partial charge in [-0.3, -0.25) is 9.59 Å². The number of carbonyl (C=O) groups is 2. The van der Waals surface area contributed by atoms with Crippen molar-refractivity contribution < 1.29 is 33.6 Å². The van der Waals surface area contributed by atoms with Crippen molar-refractivity contribution in [2.75, 3.05) is 26.4 Å². The first-order valence-electron chi connectivity index (χ1n) is 8.18. The molecular formula is C16H27NO7. The summed E-state index contributed by atoms with van der Waals surface area (Å²) in [6.45, 7) is 8.56. The molecule has 8 heteroatoms. The van der Waals surface area contributed by atoms with E-state index in [1.54, 1.807) is 4.90 Å². The molecule has 0 spiro atoms. The van der Waals surface area contributed by atoms with E-state index in [4.69, 9.17) is 24.1 Å². The van der Waals surface area contributed by atoms with Crippen LogP contribution in [0.3, 0.4) is 0 Å². The third kappa shape index (κ3) is 5.14.